The average Bonchev–Trinajstić information content (AvgIpc) is 2.55. The predicted octanol–water partition coefficient (Wildman–Crippen LogP) is 3.91. The van der Waals surface area contributed by atoms with Crippen LogP contribution in [-0.2, 0) is 16.0 Å². The van der Waals surface area contributed by atoms with Crippen LogP contribution >= 0.6 is 11.6 Å². The first-order valence-corrected chi connectivity index (χ1v) is 7.34. The number of nitrogens with zero attached hydrogens (tertiary/aromatic N) is 1. The number of aryl methyl sites for hydroxylation is 1. The van der Waals surface area contributed by atoms with Gasteiger partial charge in [0.1, 0.15) is 0 Å². The van der Waals surface area contributed by atoms with Gasteiger partial charge in [-0.1, -0.05) is 30.3 Å². The molecular weight excluding hydrogens is 286 g/mol. The molecule has 0 spiro atoms. The number of benzene rings is 1. The molecular formula is C17H18ClNO2. The molecule has 21 heavy (non-hydrogen) atoms. The highest BCUT2D eigenvalue weighted by Crippen LogP contribution is 2.28. The molecule has 1 aromatic heterocycles. The van der Waals surface area contributed by atoms with Crippen molar-refractivity contribution in [3.63, 3.8) is 0 Å². The van der Waals surface area contributed by atoms with Gasteiger partial charge in [0.2, 0.25) is 0 Å². The van der Waals surface area contributed by atoms with Crippen LogP contribution in [0.1, 0.15) is 34.9 Å². The fourth-order valence-corrected chi connectivity index (χ4v) is 2.39. The number of halogens is 1. The maximum atomic E-state index is 11.1. The quantitative estimate of drug-likeness (QED) is 0.600. The predicted molar refractivity (Wildman–Crippen MR) is 83.3 cm³/mol. The molecule has 0 saturated heterocycles. The van der Waals surface area contributed by atoms with E-state index in [-0.39, 0.29) is 11.3 Å². The van der Waals surface area contributed by atoms with Crippen molar-refractivity contribution >= 4 is 17.6 Å². The summed E-state index contributed by atoms with van der Waals surface area (Å²) < 4.78 is 4.63. The monoisotopic (exact) mass is 303 g/mol. The van der Waals surface area contributed by atoms with Crippen LogP contribution in [-0.4, -0.2) is 18.1 Å². The van der Waals surface area contributed by atoms with Gasteiger partial charge >= 0.3 is 5.97 Å². The van der Waals surface area contributed by atoms with Gasteiger partial charge in [-0.05, 0) is 35.6 Å². The highest BCUT2D eigenvalue weighted by Gasteiger charge is 2.10. The molecule has 4 heteroatoms. The van der Waals surface area contributed by atoms with E-state index in [0.717, 1.165) is 24.0 Å². The van der Waals surface area contributed by atoms with E-state index in [1.165, 1.54) is 12.7 Å². The molecule has 2 rings (SSSR count). The molecule has 0 aliphatic heterocycles. The zero-order valence-electron chi connectivity index (χ0n) is 12.0. The van der Waals surface area contributed by atoms with Crippen LogP contribution in [0.25, 0.3) is 0 Å². The number of carbonyl (C=O) groups is 1. The summed E-state index contributed by atoms with van der Waals surface area (Å²) in [4.78, 5) is 15.1. The minimum Gasteiger partial charge on any atom is -0.469 e. The number of hydrogen-bond acceptors (Lipinski definition) is 3. The van der Waals surface area contributed by atoms with E-state index in [1.807, 2.05) is 24.3 Å². The van der Waals surface area contributed by atoms with Crippen LogP contribution in [0, 0.1) is 0 Å². The van der Waals surface area contributed by atoms with Gasteiger partial charge in [-0.15, -0.1) is 11.6 Å². The molecule has 110 valence electrons. The summed E-state index contributed by atoms with van der Waals surface area (Å²) in [5, 5.41) is -0.192. The van der Waals surface area contributed by atoms with Crippen molar-refractivity contribution in [2.45, 2.75) is 24.6 Å². The molecule has 1 heterocycles. The SMILES string of the molecule is COC(=O)CCCc1ccc(C(Cl)c2cccnc2)cc1. The van der Waals surface area contributed by atoms with Crippen LogP contribution in [0.3, 0.4) is 0 Å². The Balaban J connectivity index is 1.94. The van der Waals surface area contributed by atoms with Gasteiger partial charge in [-0.3, -0.25) is 9.78 Å². The highest BCUT2D eigenvalue weighted by molar-refractivity contribution is 6.22. The molecule has 0 aliphatic carbocycles. The molecule has 0 N–H and O–H groups in total. The molecule has 1 unspecified atom stereocenters. The number of ether oxygens (including phenoxy) is 1. The van der Waals surface area contributed by atoms with Gasteiger partial charge in [0.05, 0.1) is 12.5 Å². The third-order valence-corrected chi connectivity index (χ3v) is 3.83. The maximum Gasteiger partial charge on any atom is 0.305 e. The minimum atomic E-state index is -0.192. The molecule has 0 saturated carbocycles. The summed E-state index contributed by atoms with van der Waals surface area (Å²) >= 11 is 6.45. The smallest absolute Gasteiger partial charge is 0.305 e. The van der Waals surface area contributed by atoms with E-state index in [4.69, 9.17) is 11.6 Å². The second-order valence-corrected chi connectivity index (χ2v) is 5.26. The van der Waals surface area contributed by atoms with E-state index in [1.54, 1.807) is 12.4 Å². The lowest BCUT2D eigenvalue weighted by Gasteiger charge is -2.10. The van der Waals surface area contributed by atoms with Gasteiger partial charge in [-0.2, -0.15) is 0 Å². The largest absolute Gasteiger partial charge is 0.469 e. The molecule has 0 amide bonds. The molecule has 3 nitrogen and oxygen atoms in total. The Kier molecular flexibility index (Phi) is 5.76. The second kappa shape index (κ2) is 7.79. The molecule has 0 fully saturated rings. The summed E-state index contributed by atoms with van der Waals surface area (Å²) in [7, 11) is 1.41. The number of alkyl halides is 1. The number of pyridine rings is 1. The van der Waals surface area contributed by atoms with Gasteiger partial charge in [0.25, 0.3) is 0 Å². The van der Waals surface area contributed by atoms with Gasteiger partial charge in [0, 0.05) is 18.8 Å². The summed E-state index contributed by atoms with van der Waals surface area (Å²) in [6.45, 7) is 0. The third-order valence-electron chi connectivity index (χ3n) is 3.32. The number of esters is 1. The minimum absolute atomic E-state index is 0.163. The van der Waals surface area contributed by atoms with E-state index >= 15 is 0 Å². The van der Waals surface area contributed by atoms with E-state index in [9.17, 15) is 4.79 Å². The first-order valence-electron chi connectivity index (χ1n) is 6.90. The van der Waals surface area contributed by atoms with Gasteiger partial charge in [-0.25, -0.2) is 0 Å². The zero-order chi connectivity index (χ0) is 15.1. The fourth-order valence-electron chi connectivity index (χ4n) is 2.11. The van der Waals surface area contributed by atoms with E-state index in [0.29, 0.717) is 6.42 Å². The van der Waals surface area contributed by atoms with Crippen LogP contribution in [0.15, 0.2) is 48.8 Å². The summed E-state index contributed by atoms with van der Waals surface area (Å²) in [5.41, 5.74) is 3.22. The lowest BCUT2D eigenvalue weighted by molar-refractivity contribution is -0.140. The molecule has 0 radical (unpaired) electrons. The fraction of sp³-hybridized carbons (Fsp3) is 0.294. The van der Waals surface area contributed by atoms with Gasteiger partial charge < -0.3 is 4.74 Å². The van der Waals surface area contributed by atoms with E-state index < -0.39 is 0 Å². The highest BCUT2D eigenvalue weighted by atomic mass is 35.5. The number of hydrogen-bond donors (Lipinski definition) is 0. The normalized spacial score (nSPS) is 11.9. The summed E-state index contributed by atoms with van der Waals surface area (Å²) in [6.07, 6.45) is 5.61. The molecule has 2 aromatic rings. The number of rotatable bonds is 6. The topological polar surface area (TPSA) is 39.2 Å². The Bertz CT molecular complexity index is 569. The lowest BCUT2D eigenvalue weighted by atomic mass is 10.0. The Morgan fingerprint density at radius 1 is 1.24 bits per heavy atom. The van der Waals surface area contributed by atoms with E-state index in [2.05, 4.69) is 21.9 Å². The molecule has 0 bridgehead atoms. The van der Waals surface area contributed by atoms with Crippen LogP contribution < -0.4 is 0 Å². The third kappa shape index (κ3) is 4.57. The second-order valence-electron chi connectivity index (χ2n) is 4.82. The zero-order valence-corrected chi connectivity index (χ0v) is 12.7. The average molecular weight is 304 g/mol. The number of methoxy groups -OCH3 is 1. The van der Waals surface area contributed by atoms with Crippen molar-refractivity contribution < 1.29 is 9.53 Å². The Hall–Kier alpha value is -1.87. The van der Waals surface area contributed by atoms with Crippen molar-refractivity contribution in [3.05, 3.63) is 65.5 Å². The Morgan fingerprint density at radius 3 is 2.62 bits per heavy atom. The Labute approximate surface area is 129 Å². The molecule has 1 atom stereocenters. The first-order chi connectivity index (χ1) is 10.2. The van der Waals surface area contributed by atoms with Crippen molar-refractivity contribution in [1.29, 1.82) is 0 Å². The lowest BCUT2D eigenvalue weighted by Crippen LogP contribution is -2.00. The van der Waals surface area contributed by atoms with Crippen molar-refractivity contribution in [2.24, 2.45) is 0 Å². The van der Waals surface area contributed by atoms with Crippen molar-refractivity contribution in [3.8, 4) is 0 Å². The standard InChI is InChI=1S/C17H18ClNO2/c1-21-16(20)6-2-4-13-7-9-14(10-8-13)17(18)15-5-3-11-19-12-15/h3,5,7-12,17H,2,4,6H2,1H3. The summed E-state index contributed by atoms with van der Waals surface area (Å²) in [6, 6.07) is 12.0. The summed E-state index contributed by atoms with van der Waals surface area (Å²) in [5.74, 6) is -0.163. The maximum absolute atomic E-state index is 11.1. The van der Waals surface area contributed by atoms with Crippen molar-refractivity contribution in [2.75, 3.05) is 7.11 Å². The molecule has 0 aliphatic rings. The van der Waals surface area contributed by atoms with Crippen LogP contribution in [0.4, 0.5) is 0 Å². The first kappa shape index (κ1) is 15.5. The van der Waals surface area contributed by atoms with Crippen LogP contribution in [0.2, 0.25) is 0 Å². The number of aromatic nitrogens is 1. The van der Waals surface area contributed by atoms with Gasteiger partial charge in [0.15, 0.2) is 0 Å². The molecule has 1 aromatic carbocycles. The van der Waals surface area contributed by atoms with Crippen molar-refractivity contribution in [1.82, 2.24) is 4.98 Å². The Morgan fingerprint density at radius 2 is 2.00 bits per heavy atom. The number of carbonyl (C=O) groups excluding carboxylic acids is 1. The van der Waals surface area contributed by atoms with Crippen LogP contribution in [0.5, 0.6) is 0 Å².